The minimum atomic E-state index is -3.46. The van der Waals surface area contributed by atoms with E-state index in [1.165, 1.54) is 44.4 Å². The van der Waals surface area contributed by atoms with Crippen LogP contribution in [0.2, 0.25) is 5.02 Å². The second-order valence-corrected chi connectivity index (χ2v) is 7.59. The molecule has 5 nitrogen and oxygen atoms in total. The van der Waals surface area contributed by atoms with Crippen molar-refractivity contribution in [2.75, 3.05) is 27.3 Å². The summed E-state index contributed by atoms with van der Waals surface area (Å²) in [5.41, 5.74) is 0. The maximum Gasteiger partial charge on any atom is 0.242 e. The number of sulfonamides is 1. The molecule has 0 unspecified atom stereocenters. The summed E-state index contributed by atoms with van der Waals surface area (Å²) in [6.45, 7) is 0.441. The molecule has 0 aliphatic rings. The molecular weight excluding hydrogens is 357 g/mol. The highest BCUT2D eigenvalue weighted by atomic mass is 35.5. The van der Waals surface area contributed by atoms with Crippen molar-refractivity contribution < 1.29 is 22.3 Å². The largest absolute Gasteiger partial charge is 0.490 e. The van der Waals surface area contributed by atoms with E-state index in [1.54, 1.807) is 12.1 Å². The number of rotatable bonds is 7. The van der Waals surface area contributed by atoms with Crippen molar-refractivity contribution in [3.63, 3.8) is 0 Å². The van der Waals surface area contributed by atoms with Crippen LogP contribution in [0.3, 0.4) is 0 Å². The van der Waals surface area contributed by atoms with Gasteiger partial charge in [0.2, 0.25) is 10.0 Å². The topological polar surface area (TPSA) is 55.8 Å². The third-order valence-electron chi connectivity index (χ3n) is 3.11. The molecule has 0 saturated heterocycles. The van der Waals surface area contributed by atoms with E-state index in [4.69, 9.17) is 21.1 Å². The fraction of sp³-hybridized carbons (Fsp3) is 0.250. The van der Waals surface area contributed by atoms with E-state index in [0.717, 1.165) is 4.31 Å². The molecule has 0 aliphatic heterocycles. The molecule has 2 aromatic carbocycles. The Balaban J connectivity index is 1.87. The molecule has 2 aromatic rings. The lowest BCUT2D eigenvalue weighted by atomic mass is 10.3. The summed E-state index contributed by atoms with van der Waals surface area (Å²) in [7, 11) is -0.516. The van der Waals surface area contributed by atoms with Gasteiger partial charge in [-0.1, -0.05) is 11.6 Å². The lowest BCUT2D eigenvalue weighted by Gasteiger charge is -2.12. The van der Waals surface area contributed by atoms with Gasteiger partial charge in [-0.25, -0.2) is 17.1 Å². The van der Waals surface area contributed by atoms with E-state index in [9.17, 15) is 12.8 Å². The van der Waals surface area contributed by atoms with Crippen molar-refractivity contribution in [3.8, 4) is 11.5 Å². The molecule has 0 spiro atoms. The van der Waals surface area contributed by atoms with E-state index in [1.807, 2.05) is 0 Å². The maximum atomic E-state index is 12.9. The van der Waals surface area contributed by atoms with Crippen molar-refractivity contribution in [2.45, 2.75) is 4.90 Å². The van der Waals surface area contributed by atoms with Crippen LogP contribution in [0.1, 0.15) is 0 Å². The van der Waals surface area contributed by atoms with Gasteiger partial charge in [0.1, 0.15) is 30.5 Å². The Bertz CT molecular complexity index is 794. The molecule has 130 valence electrons. The van der Waals surface area contributed by atoms with Gasteiger partial charge in [-0.05, 0) is 42.5 Å². The molecule has 0 aromatic heterocycles. The van der Waals surface area contributed by atoms with Gasteiger partial charge >= 0.3 is 0 Å². The summed E-state index contributed by atoms with van der Waals surface area (Å²) >= 11 is 5.84. The molecule has 24 heavy (non-hydrogen) atoms. The zero-order valence-corrected chi connectivity index (χ0v) is 14.8. The summed E-state index contributed by atoms with van der Waals surface area (Å²) in [6, 6.07) is 9.96. The summed E-state index contributed by atoms with van der Waals surface area (Å²) in [5, 5.41) is 0.188. The first kappa shape index (κ1) is 18.5. The highest BCUT2D eigenvalue weighted by Gasteiger charge is 2.16. The fourth-order valence-corrected chi connectivity index (χ4v) is 2.95. The van der Waals surface area contributed by atoms with Crippen LogP contribution in [0.25, 0.3) is 0 Å². The van der Waals surface area contributed by atoms with Crippen molar-refractivity contribution in [1.29, 1.82) is 0 Å². The molecule has 0 atom stereocenters. The molecule has 8 heteroatoms. The van der Waals surface area contributed by atoms with Gasteiger partial charge < -0.3 is 9.47 Å². The Kier molecular flexibility index (Phi) is 6.04. The summed E-state index contributed by atoms with van der Waals surface area (Å²) < 4.78 is 48.8. The van der Waals surface area contributed by atoms with Crippen molar-refractivity contribution in [2.24, 2.45) is 0 Å². The third kappa shape index (κ3) is 4.59. The Morgan fingerprint density at radius 2 is 1.67 bits per heavy atom. The van der Waals surface area contributed by atoms with Gasteiger partial charge in [-0.15, -0.1) is 0 Å². The van der Waals surface area contributed by atoms with Crippen molar-refractivity contribution >= 4 is 21.6 Å². The first-order chi connectivity index (χ1) is 11.3. The number of halogens is 2. The predicted molar refractivity (Wildman–Crippen MR) is 89.7 cm³/mol. The number of hydrogen-bond acceptors (Lipinski definition) is 4. The summed E-state index contributed by atoms with van der Waals surface area (Å²) in [4.78, 5) is 0.189. The van der Waals surface area contributed by atoms with Gasteiger partial charge in [0, 0.05) is 14.1 Å². The van der Waals surface area contributed by atoms with Gasteiger partial charge in [0.25, 0.3) is 0 Å². The lowest BCUT2D eigenvalue weighted by Crippen LogP contribution is -2.22. The molecule has 0 saturated carbocycles. The monoisotopic (exact) mass is 373 g/mol. The van der Waals surface area contributed by atoms with Crippen molar-refractivity contribution in [3.05, 3.63) is 53.3 Å². The second-order valence-electron chi connectivity index (χ2n) is 5.03. The van der Waals surface area contributed by atoms with Crippen LogP contribution in [0.5, 0.6) is 11.5 Å². The number of hydrogen-bond donors (Lipinski definition) is 0. The van der Waals surface area contributed by atoms with Gasteiger partial charge in [-0.3, -0.25) is 0 Å². The third-order valence-corrected chi connectivity index (χ3v) is 5.23. The quantitative estimate of drug-likeness (QED) is 0.699. The van der Waals surface area contributed by atoms with Crippen LogP contribution in [0.4, 0.5) is 4.39 Å². The van der Waals surface area contributed by atoms with Crippen LogP contribution in [0.15, 0.2) is 47.4 Å². The first-order valence-electron chi connectivity index (χ1n) is 7.04. The van der Waals surface area contributed by atoms with E-state index in [0.29, 0.717) is 11.5 Å². The van der Waals surface area contributed by atoms with E-state index < -0.39 is 15.8 Å². The zero-order valence-electron chi connectivity index (χ0n) is 13.2. The molecule has 0 aliphatic carbocycles. The molecule has 2 rings (SSSR count). The molecule has 0 amide bonds. The lowest BCUT2D eigenvalue weighted by molar-refractivity contribution is 0.217. The molecular formula is C16H17ClFNO4S. The molecule has 0 radical (unpaired) electrons. The van der Waals surface area contributed by atoms with Gasteiger partial charge in [-0.2, -0.15) is 0 Å². The smallest absolute Gasteiger partial charge is 0.242 e. The Labute approximate surface area is 145 Å². The zero-order chi connectivity index (χ0) is 17.7. The molecule has 0 fully saturated rings. The molecule has 0 heterocycles. The normalized spacial score (nSPS) is 11.5. The molecule has 0 N–H and O–H groups in total. The van der Waals surface area contributed by atoms with Crippen LogP contribution < -0.4 is 9.47 Å². The number of nitrogens with zero attached hydrogens (tertiary/aromatic N) is 1. The number of ether oxygens (including phenoxy) is 2. The highest BCUT2D eigenvalue weighted by Crippen LogP contribution is 2.24. The van der Waals surface area contributed by atoms with Crippen LogP contribution in [0, 0.1) is 5.82 Å². The van der Waals surface area contributed by atoms with E-state index in [-0.39, 0.29) is 23.1 Å². The van der Waals surface area contributed by atoms with Crippen LogP contribution in [-0.4, -0.2) is 40.0 Å². The first-order valence-corrected chi connectivity index (χ1v) is 8.86. The summed E-state index contributed by atoms with van der Waals surface area (Å²) in [5.74, 6) is 0.451. The average molecular weight is 374 g/mol. The van der Waals surface area contributed by atoms with Crippen LogP contribution >= 0.6 is 11.6 Å². The van der Waals surface area contributed by atoms with Crippen LogP contribution in [-0.2, 0) is 10.0 Å². The predicted octanol–water partition coefficient (Wildman–Crippen LogP) is 3.19. The van der Waals surface area contributed by atoms with Gasteiger partial charge in [0.05, 0.1) is 9.92 Å². The second kappa shape index (κ2) is 7.83. The fourth-order valence-electron chi connectivity index (χ4n) is 1.82. The minimum absolute atomic E-state index is 0.188. The standard InChI is InChI=1S/C16H17ClFNO4S/c1-19(2)24(20,21)14-6-4-13(5-7-14)22-9-10-23-16-8-3-12(18)11-15(16)17/h3-8,11H,9-10H2,1-2H3. The van der Waals surface area contributed by atoms with E-state index >= 15 is 0 Å². The van der Waals surface area contributed by atoms with E-state index in [2.05, 4.69) is 0 Å². The van der Waals surface area contributed by atoms with Crippen molar-refractivity contribution in [1.82, 2.24) is 4.31 Å². The summed E-state index contributed by atoms with van der Waals surface area (Å²) in [6.07, 6.45) is 0. The SMILES string of the molecule is CN(C)S(=O)(=O)c1ccc(OCCOc2ccc(F)cc2Cl)cc1. The highest BCUT2D eigenvalue weighted by molar-refractivity contribution is 7.89. The minimum Gasteiger partial charge on any atom is -0.490 e. The Morgan fingerprint density at radius 1 is 1.04 bits per heavy atom. The van der Waals surface area contributed by atoms with Gasteiger partial charge in [0.15, 0.2) is 0 Å². The number of benzene rings is 2. The Morgan fingerprint density at radius 3 is 2.25 bits per heavy atom. The Hall–Kier alpha value is -1.83. The maximum absolute atomic E-state index is 12.9. The average Bonchev–Trinajstić information content (AvgIpc) is 2.53. The molecule has 0 bridgehead atoms.